The van der Waals surface area contributed by atoms with Gasteiger partial charge in [-0.2, -0.15) is 11.8 Å². The Morgan fingerprint density at radius 2 is 1.54 bits per heavy atom. The monoisotopic (exact) mass is 575 g/mol. The molecule has 13 nitrogen and oxygen atoms in total. The third-order valence-corrected chi connectivity index (χ3v) is 7.81. The van der Waals surface area contributed by atoms with Crippen LogP contribution in [-0.2, 0) is 33.3 Å². The van der Waals surface area contributed by atoms with Gasteiger partial charge in [0.2, 0.25) is 17.7 Å². The first-order valence-corrected chi connectivity index (χ1v) is 14.8. The Kier molecular flexibility index (Phi) is 16.8. The van der Waals surface area contributed by atoms with Crippen LogP contribution in [0.3, 0.4) is 0 Å². The molecule has 0 aromatic carbocycles. The second-order valence-corrected chi connectivity index (χ2v) is 10.5. The zero-order valence-corrected chi connectivity index (χ0v) is 23.8. The van der Waals surface area contributed by atoms with E-state index >= 15 is 0 Å². The molecule has 2 heterocycles. The van der Waals surface area contributed by atoms with Crippen molar-refractivity contribution in [3.8, 4) is 0 Å². The van der Waals surface area contributed by atoms with Crippen molar-refractivity contribution in [3.05, 3.63) is 0 Å². The molecule has 224 valence electrons. The third kappa shape index (κ3) is 13.7. The number of ether oxygens (including phenoxy) is 4. The number of primary amides is 1. The van der Waals surface area contributed by atoms with Crippen molar-refractivity contribution in [2.45, 2.75) is 56.4 Å². The number of nitrogens with zero attached hydrogens (tertiary/aromatic N) is 1. The molecule has 3 atom stereocenters. The fourth-order valence-electron chi connectivity index (χ4n) is 4.40. The molecule has 0 radical (unpaired) electrons. The zero-order valence-electron chi connectivity index (χ0n) is 23.0. The Hall–Kier alpha value is -2.13. The van der Waals surface area contributed by atoms with Gasteiger partial charge in [-0.3, -0.25) is 14.4 Å². The van der Waals surface area contributed by atoms with Crippen LogP contribution >= 0.6 is 11.8 Å². The largest absolute Gasteiger partial charge is 0.379 e. The number of hydrogen-bond acceptors (Lipinski definition) is 9. The minimum Gasteiger partial charge on any atom is -0.379 e. The molecule has 0 bridgehead atoms. The number of hydrogen-bond donors (Lipinski definition) is 4. The minimum absolute atomic E-state index is 0.0344. The molecule has 2 fully saturated rings. The summed E-state index contributed by atoms with van der Waals surface area (Å²) < 4.78 is 21.5. The van der Waals surface area contributed by atoms with E-state index < -0.39 is 5.91 Å². The van der Waals surface area contributed by atoms with Crippen molar-refractivity contribution in [2.75, 3.05) is 78.2 Å². The minimum atomic E-state index is -0.586. The molecule has 0 aromatic rings. The van der Waals surface area contributed by atoms with Gasteiger partial charge < -0.3 is 45.5 Å². The number of urea groups is 1. The summed E-state index contributed by atoms with van der Waals surface area (Å²) in [6.07, 6.45) is 3.49. The number of carbonyl (C=O) groups excluding carboxylic acids is 4. The summed E-state index contributed by atoms with van der Waals surface area (Å²) in [5.41, 5.74) is 4.94. The molecule has 2 aliphatic heterocycles. The molecule has 2 saturated heterocycles. The van der Waals surface area contributed by atoms with Crippen molar-refractivity contribution in [3.63, 3.8) is 0 Å². The van der Waals surface area contributed by atoms with E-state index in [0.717, 1.165) is 31.6 Å². The summed E-state index contributed by atoms with van der Waals surface area (Å²) >= 11 is 1.93. The lowest BCUT2D eigenvalue weighted by molar-refractivity contribution is -0.125. The standard InChI is InChI=1S/C25H45N5O8S/c1-2-30-24-19(29-25(30)34)18-39-20(24)5-3-4-6-22(32)27-8-10-36-12-14-38-16-15-37-13-11-35-9-7-23(33)28-17-21(26)31/h19-20,24H,2-18H2,1H3,(H2,26,31)(H,27,32)(H,28,33)(H,29,34)/t19-,20-,24-/m0/s1. The van der Waals surface area contributed by atoms with Crippen molar-refractivity contribution in [1.82, 2.24) is 20.9 Å². The van der Waals surface area contributed by atoms with Crippen molar-refractivity contribution in [1.29, 1.82) is 0 Å². The molecule has 0 aromatic heterocycles. The van der Waals surface area contributed by atoms with E-state index in [1.165, 1.54) is 0 Å². The lowest BCUT2D eigenvalue weighted by Crippen LogP contribution is -2.40. The number of nitrogens with one attached hydrogen (secondary N) is 3. The third-order valence-electron chi connectivity index (χ3n) is 6.31. The molecular weight excluding hydrogens is 530 g/mol. The van der Waals surface area contributed by atoms with Gasteiger partial charge in [-0.05, 0) is 19.8 Å². The van der Waals surface area contributed by atoms with Crippen molar-refractivity contribution >= 4 is 35.5 Å². The SMILES string of the molecule is CCN1C(=O)N[C@H]2CS[C@@H](CCCCC(=O)NCCOCCOCCOCCOCCC(=O)NCC(N)=O)[C@H]21. The topological polar surface area (TPSA) is 171 Å². The summed E-state index contributed by atoms with van der Waals surface area (Å²) in [6, 6.07) is 0.598. The maximum Gasteiger partial charge on any atom is 0.318 e. The first-order chi connectivity index (χ1) is 18.9. The number of rotatable bonds is 23. The highest BCUT2D eigenvalue weighted by atomic mass is 32.2. The van der Waals surface area contributed by atoms with E-state index in [0.29, 0.717) is 64.5 Å². The van der Waals surface area contributed by atoms with Gasteiger partial charge in [0.1, 0.15) is 0 Å². The molecule has 0 spiro atoms. The highest BCUT2D eigenvalue weighted by molar-refractivity contribution is 8.00. The fourth-order valence-corrected chi connectivity index (χ4v) is 6.00. The summed E-state index contributed by atoms with van der Waals surface area (Å²) in [4.78, 5) is 47.9. The molecule has 39 heavy (non-hydrogen) atoms. The van der Waals surface area contributed by atoms with Gasteiger partial charge in [-0.25, -0.2) is 4.79 Å². The highest BCUT2D eigenvalue weighted by Gasteiger charge is 2.47. The number of nitrogens with two attached hydrogens (primary N) is 1. The smallest absolute Gasteiger partial charge is 0.318 e. The summed E-state index contributed by atoms with van der Waals surface area (Å²) in [5, 5.41) is 8.78. The van der Waals surface area contributed by atoms with Gasteiger partial charge in [0.25, 0.3) is 0 Å². The van der Waals surface area contributed by atoms with Crippen LogP contribution in [-0.4, -0.2) is 124 Å². The van der Waals surface area contributed by atoms with Crippen LogP contribution in [0.1, 0.15) is 39.0 Å². The number of carbonyl (C=O) groups is 4. The first-order valence-electron chi connectivity index (χ1n) is 13.7. The second-order valence-electron chi connectivity index (χ2n) is 9.24. The first kappa shape index (κ1) is 33.1. The van der Waals surface area contributed by atoms with Crippen LogP contribution in [0.2, 0.25) is 0 Å². The number of amides is 5. The molecule has 14 heteroatoms. The predicted octanol–water partition coefficient (Wildman–Crippen LogP) is -0.381. The molecule has 5 amide bonds. The predicted molar refractivity (Wildman–Crippen MR) is 146 cm³/mol. The Labute approximate surface area is 234 Å². The van der Waals surface area contributed by atoms with Crippen LogP contribution in [0.25, 0.3) is 0 Å². The molecule has 5 N–H and O–H groups in total. The fraction of sp³-hybridized carbons (Fsp3) is 0.840. The van der Waals surface area contributed by atoms with Crippen LogP contribution in [0, 0.1) is 0 Å². The molecule has 0 unspecified atom stereocenters. The average Bonchev–Trinajstić information content (AvgIpc) is 3.44. The van der Waals surface area contributed by atoms with E-state index in [2.05, 4.69) is 16.0 Å². The number of unbranched alkanes of at least 4 members (excludes halogenated alkanes) is 1. The summed E-state index contributed by atoms with van der Waals surface area (Å²) in [5.74, 6) is 0.129. The Bertz CT molecular complexity index is 762. The maximum atomic E-state index is 12.0. The van der Waals surface area contributed by atoms with Crippen LogP contribution < -0.4 is 21.7 Å². The Balaban J connectivity index is 1.30. The van der Waals surface area contributed by atoms with Gasteiger partial charge in [-0.1, -0.05) is 6.42 Å². The van der Waals surface area contributed by atoms with Crippen LogP contribution in [0.5, 0.6) is 0 Å². The van der Waals surface area contributed by atoms with Crippen LogP contribution in [0.4, 0.5) is 4.79 Å². The normalized spacial score (nSPS) is 20.1. The van der Waals surface area contributed by atoms with Gasteiger partial charge in [0.05, 0.1) is 71.5 Å². The quantitative estimate of drug-likeness (QED) is 0.0936. The summed E-state index contributed by atoms with van der Waals surface area (Å²) in [6.45, 7) is 6.19. The van der Waals surface area contributed by atoms with E-state index in [4.69, 9.17) is 24.7 Å². The van der Waals surface area contributed by atoms with Crippen molar-refractivity contribution < 1.29 is 38.1 Å². The van der Waals surface area contributed by atoms with E-state index in [1.54, 1.807) is 0 Å². The van der Waals surface area contributed by atoms with E-state index in [1.807, 2.05) is 23.6 Å². The second kappa shape index (κ2) is 19.9. The molecule has 0 saturated carbocycles. The maximum absolute atomic E-state index is 12.0. The van der Waals surface area contributed by atoms with E-state index in [-0.39, 0.29) is 49.5 Å². The van der Waals surface area contributed by atoms with Gasteiger partial charge in [-0.15, -0.1) is 0 Å². The molecular formula is C25H45N5O8S. The van der Waals surface area contributed by atoms with Gasteiger partial charge in [0, 0.05) is 36.9 Å². The molecule has 2 rings (SSSR count). The van der Waals surface area contributed by atoms with Crippen LogP contribution in [0.15, 0.2) is 0 Å². The van der Waals surface area contributed by atoms with Gasteiger partial charge >= 0.3 is 6.03 Å². The average molecular weight is 576 g/mol. The number of fused-ring (bicyclic) bond motifs is 1. The van der Waals surface area contributed by atoms with Crippen molar-refractivity contribution in [2.24, 2.45) is 5.73 Å². The van der Waals surface area contributed by atoms with Gasteiger partial charge in [0.15, 0.2) is 0 Å². The highest BCUT2D eigenvalue weighted by Crippen LogP contribution is 2.37. The molecule has 2 aliphatic rings. The lowest BCUT2D eigenvalue weighted by atomic mass is 10.0. The number of thioether (sulfide) groups is 1. The Morgan fingerprint density at radius 3 is 2.18 bits per heavy atom. The number of likely N-dealkylation sites (N-methyl/N-ethyl adjacent to an activating group) is 1. The lowest BCUT2D eigenvalue weighted by Gasteiger charge is -2.26. The Morgan fingerprint density at radius 1 is 0.923 bits per heavy atom. The van der Waals surface area contributed by atoms with E-state index in [9.17, 15) is 19.2 Å². The summed E-state index contributed by atoms with van der Waals surface area (Å²) in [7, 11) is 0. The zero-order chi connectivity index (χ0) is 28.3. The molecule has 0 aliphatic carbocycles.